The second-order valence-electron chi connectivity index (χ2n) is 4.00. The molecule has 0 aliphatic rings. The third kappa shape index (κ3) is 4.89. The average Bonchev–Trinajstić information content (AvgIpc) is 2.28. The normalized spacial score (nSPS) is 12.1. The minimum Gasteiger partial charge on any atom is -0.355 e. The van der Waals surface area contributed by atoms with E-state index >= 15 is 0 Å². The van der Waals surface area contributed by atoms with Crippen molar-refractivity contribution in [2.45, 2.75) is 13.3 Å². The van der Waals surface area contributed by atoms with Crippen LogP contribution in [0.2, 0.25) is 0 Å². The maximum Gasteiger partial charge on any atom is 0.224 e. The molecule has 0 aromatic carbocycles. The summed E-state index contributed by atoms with van der Waals surface area (Å²) in [5, 5.41) is 5.99. The Morgan fingerprint density at radius 1 is 1.50 bits per heavy atom. The van der Waals surface area contributed by atoms with E-state index in [1.54, 1.807) is 12.4 Å². The lowest BCUT2D eigenvalue weighted by atomic mass is 10.1. The highest BCUT2D eigenvalue weighted by molar-refractivity contribution is 5.78. The van der Waals surface area contributed by atoms with Crippen molar-refractivity contribution in [3.8, 4) is 0 Å². The first-order valence-corrected chi connectivity index (χ1v) is 5.52. The number of aromatic nitrogens is 1. The van der Waals surface area contributed by atoms with Crippen LogP contribution < -0.4 is 10.6 Å². The van der Waals surface area contributed by atoms with Gasteiger partial charge in [0.25, 0.3) is 0 Å². The van der Waals surface area contributed by atoms with Crippen molar-refractivity contribution in [2.24, 2.45) is 5.92 Å². The molecule has 1 amide bonds. The summed E-state index contributed by atoms with van der Waals surface area (Å²) in [5.41, 5.74) is 0.946. The highest BCUT2D eigenvalue weighted by Gasteiger charge is 2.05. The van der Waals surface area contributed by atoms with Gasteiger partial charge >= 0.3 is 0 Å². The van der Waals surface area contributed by atoms with E-state index in [2.05, 4.69) is 22.5 Å². The Hall–Kier alpha value is -1.42. The lowest BCUT2D eigenvalue weighted by Crippen LogP contribution is -2.33. The van der Waals surface area contributed by atoms with E-state index in [1.165, 1.54) is 0 Å². The Kier molecular flexibility index (Phi) is 5.50. The van der Waals surface area contributed by atoms with Crippen LogP contribution in [0.3, 0.4) is 0 Å². The number of carbonyl (C=O) groups is 1. The van der Waals surface area contributed by atoms with Crippen LogP contribution in [0.15, 0.2) is 24.5 Å². The molecule has 1 atom stereocenters. The zero-order valence-corrected chi connectivity index (χ0v) is 9.86. The number of hydrogen-bond acceptors (Lipinski definition) is 3. The van der Waals surface area contributed by atoms with Crippen molar-refractivity contribution < 1.29 is 4.79 Å². The van der Waals surface area contributed by atoms with Crippen LogP contribution in [-0.4, -0.2) is 31.0 Å². The fourth-order valence-electron chi connectivity index (χ4n) is 1.46. The lowest BCUT2D eigenvalue weighted by molar-refractivity contribution is -0.120. The summed E-state index contributed by atoms with van der Waals surface area (Å²) in [6.07, 6.45) is 3.83. The largest absolute Gasteiger partial charge is 0.355 e. The Labute approximate surface area is 96.5 Å². The highest BCUT2D eigenvalue weighted by Crippen LogP contribution is 1.97. The van der Waals surface area contributed by atoms with E-state index in [0.29, 0.717) is 18.9 Å². The molecule has 4 nitrogen and oxygen atoms in total. The molecule has 4 heteroatoms. The van der Waals surface area contributed by atoms with E-state index in [-0.39, 0.29) is 5.91 Å². The summed E-state index contributed by atoms with van der Waals surface area (Å²) < 4.78 is 0. The summed E-state index contributed by atoms with van der Waals surface area (Å²) in [4.78, 5) is 15.5. The fraction of sp³-hybridized carbons (Fsp3) is 0.500. The number of nitrogens with one attached hydrogen (secondary N) is 2. The molecule has 1 rings (SSSR count). The molecular formula is C12H19N3O. The van der Waals surface area contributed by atoms with Gasteiger partial charge in [0, 0.05) is 18.9 Å². The zero-order valence-electron chi connectivity index (χ0n) is 9.86. The van der Waals surface area contributed by atoms with Crippen LogP contribution in [0.4, 0.5) is 0 Å². The van der Waals surface area contributed by atoms with E-state index in [9.17, 15) is 4.79 Å². The second-order valence-corrected chi connectivity index (χ2v) is 4.00. The average molecular weight is 221 g/mol. The lowest BCUT2D eigenvalue weighted by Gasteiger charge is -2.11. The molecule has 16 heavy (non-hydrogen) atoms. The molecule has 0 fully saturated rings. The SMILES string of the molecule is CNCC(C)CNC(=O)Cc1cccnc1. The van der Waals surface area contributed by atoms with Crippen LogP contribution in [0.1, 0.15) is 12.5 Å². The Morgan fingerprint density at radius 3 is 2.94 bits per heavy atom. The zero-order chi connectivity index (χ0) is 11.8. The number of nitrogens with zero attached hydrogens (tertiary/aromatic N) is 1. The van der Waals surface area contributed by atoms with Crippen LogP contribution in [0.5, 0.6) is 0 Å². The van der Waals surface area contributed by atoms with E-state index < -0.39 is 0 Å². The summed E-state index contributed by atoms with van der Waals surface area (Å²) in [6, 6.07) is 3.75. The topological polar surface area (TPSA) is 54.0 Å². The van der Waals surface area contributed by atoms with Gasteiger partial charge in [0.15, 0.2) is 0 Å². The number of amides is 1. The molecule has 1 aromatic rings. The molecule has 2 N–H and O–H groups in total. The highest BCUT2D eigenvalue weighted by atomic mass is 16.1. The van der Waals surface area contributed by atoms with Gasteiger partial charge in [-0.2, -0.15) is 0 Å². The fourth-order valence-corrected chi connectivity index (χ4v) is 1.46. The number of rotatable bonds is 6. The van der Waals surface area contributed by atoms with Crippen molar-refractivity contribution in [1.29, 1.82) is 0 Å². The van der Waals surface area contributed by atoms with Crippen LogP contribution in [0, 0.1) is 5.92 Å². The minimum absolute atomic E-state index is 0.0518. The first-order chi connectivity index (χ1) is 7.72. The van der Waals surface area contributed by atoms with Crippen LogP contribution in [-0.2, 0) is 11.2 Å². The van der Waals surface area contributed by atoms with Gasteiger partial charge in [-0.3, -0.25) is 9.78 Å². The monoisotopic (exact) mass is 221 g/mol. The maximum atomic E-state index is 11.6. The van der Waals surface area contributed by atoms with Crippen molar-refractivity contribution in [3.05, 3.63) is 30.1 Å². The first kappa shape index (κ1) is 12.6. The summed E-state index contributed by atoms with van der Waals surface area (Å²) in [5.74, 6) is 0.499. The van der Waals surface area contributed by atoms with Crippen molar-refractivity contribution >= 4 is 5.91 Å². The molecule has 0 bridgehead atoms. The smallest absolute Gasteiger partial charge is 0.224 e. The molecule has 0 aliphatic heterocycles. The van der Waals surface area contributed by atoms with Crippen molar-refractivity contribution in [2.75, 3.05) is 20.1 Å². The molecule has 1 heterocycles. The van der Waals surface area contributed by atoms with Gasteiger partial charge in [0.2, 0.25) is 5.91 Å². The Bertz CT molecular complexity index is 313. The summed E-state index contributed by atoms with van der Waals surface area (Å²) in [6.45, 7) is 3.72. The Morgan fingerprint density at radius 2 is 2.31 bits per heavy atom. The molecule has 88 valence electrons. The van der Waals surface area contributed by atoms with Gasteiger partial charge in [-0.05, 0) is 31.1 Å². The molecule has 1 unspecified atom stereocenters. The number of hydrogen-bond donors (Lipinski definition) is 2. The van der Waals surface area contributed by atoms with E-state index in [0.717, 1.165) is 12.1 Å². The van der Waals surface area contributed by atoms with Crippen molar-refractivity contribution in [3.63, 3.8) is 0 Å². The third-order valence-electron chi connectivity index (χ3n) is 2.29. The standard InChI is InChI=1S/C12H19N3O/c1-10(7-13-2)8-15-12(16)6-11-4-3-5-14-9-11/h3-5,9-10,13H,6-8H2,1-2H3,(H,15,16). The first-order valence-electron chi connectivity index (χ1n) is 5.52. The number of pyridine rings is 1. The molecule has 1 aromatic heterocycles. The van der Waals surface area contributed by atoms with Crippen LogP contribution >= 0.6 is 0 Å². The second kappa shape index (κ2) is 6.95. The molecule has 0 aliphatic carbocycles. The summed E-state index contributed by atoms with van der Waals surface area (Å²) >= 11 is 0. The van der Waals surface area contributed by atoms with E-state index in [4.69, 9.17) is 0 Å². The molecular weight excluding hydrogens is 202 g/mol. The Balaban J connectivity index is 2.26. The van der Waals surface area contributed by atoms with Gasteiger partial charge < -0.3 is 10.6 Å². The molecule has 0 radical (unpaired) electrons. The molecule has 0 saturated carbocycles. The van der Waals surface area contributed by atoms with Gasteiger partial charge in [0.05, 0.1) is 6.42 Å². The van der Waals surface area contributed by atoms with Gasteiger partial charge in [-0.1, -0.05) is 13.0 Å². The van der Waals surface area contributed by atoms with Gasteiger partial charge in [0.1, 0.15) is 0 Å². The minimum atomic E-state index is 0.0518. The number of carbonyl (C=O) groups excluding carboxylic acids is 1. The molecule has 0 saturated heterocycles. The van der Waals surface area contributed by atoms with Crippen LogP contribution in [0.25, 0.3) is 0 Å². The predicted molar refractivity (Wildman–Crippen MR) is 64.0 cm³/mol. The van der Waals surface area contributed by atoms with Gasteiger partial charge in [-0.25, -0.2) is 0 Å². The van der Waals surface area contributed by atoms with Crippen molar-refractivity contribution in [1.82, 2.24) is 15.6 Å². The quantitative estimate of drug-likeness (QED) is 0.739. The molecule has 0 spiro atoms. The third-order valence-corrected chi connectivity index (χ3v) is 2.29. The van der Waals surface area contributed by atoms with E-state index in [1.807, 2.05) is 19.2 Å². The summed E-state index contributed by atoms with van der Waals surface area (Å²) in [7, 11) is 1.91. The predicted octanol–water partition coefficient (Wildman–Crippen LogP) is 0.596. The van der Waals surface area contributed by atoms with Gasteiger partial charge in [-0.15, -0.1) is 0 Å². The maximum absolute atomic E-state index is 11.6.